The first-order chi connectivity index (χ1) is 8.74. The molecular formula is C14H23NO4. The first-order valence-corrected chi connectivity index (χ1v) is 6.97. The third kappa shape index (κ3) is 4.11. The summed E-state index contributed by atoms with van der Waals surface area (Å²) in [4.78, 5) is 22.8. The van der Waals surface area contributed by atoms with Crippen LogP contribution in [0.1, 0.15) is 46.5 Å². The molecule has 1 amide bonds. The maximum Gasteiger partial charge on any atom is 0.408 e. The van der Waals surface area contributed by atoms with Crippen molar-refractivity contribution in [3.63, 3.8) is 0 Å². The minimum absolute atomic E-state index is 0.430. The number of fused-ring (bicyclic) bond motifs is 1. The zero-order valence-electron chi connectivity index (χ0n) is 11.8. The van der Waals surface area contributed by atoms with Gasteiger partial charge < -0.3 is 15.2 Å². The number of rotatable bonds is 4. The van der Waals surface area contributed by atoms with Gasteiger partial charge in [-0.2, -0.15) is 0 Å². The molecule has 0 radical (unpaired) electrons. The number of hydrogen-bond acceptors (Lipinski definition) is 3. The van der Waals surface area contributed by atoms with E-state index in [0.717, 1.165) is 24.7 Å². The van der Waals surface area contributed by atoms with Crippen LogP contribution in [0, 0.1) is 17.8 Å². The Labute approximate surface area is 113 Å². The lowest BCUT2D eigenvalue weighted by molar-refractivity contribution is -0.140. The van der Waals surface area contributed by atoms with Crippen molar-refractivity contribution in [3.05, 3.63) is 0 Å². The molecular weight excluding hydrogens is 246 g/mol. The quantitative estimate of drug-likeness (QED) is 0.821. The number of amides is 1. The molecule has 0 aromatic rings. The molecule has 2 rings (SSSR count). The first kappa shape index (κ1) is 14.2. The summed E-state index contributed by atoms with van der Waals surface area (Å²) in [5.74, 6) is 1.09. The van der Waals surface area contributed by atoms with Gasteiger partial charge in [0.15, 0.2) is 0 Å². The molecule has 2 fully saturated rings. The number of aliphatic carboxylic acids is 1. The van der Waals surface area contributed by atoms with Crippen molar-refractivity contribution < 1.29 is 19.4 Å². The summed E-state index contributed by atoms with van der Waals surface area (Å²) in [7, 11) is 0. The molecule has 108 valence electrons. The van der Waals surface area contributed by atoms with Gasteiger partial charge in [-0.15, -0.1) is 0 Å². The van der Waals surface area contributed by atoms with E-state index in [1.165, 1.54) is 6.42 Å². The molecule has 2 aliphatic carbocycles. The van der Waals surface area contributed by atoms with E-state index in [0.29, 0.717) is 12.3 Å². The van der Waals surface area contributed by atoms with Crippen molar-refractivity contribution in [3.8, 4) is 0 Å². The highest BCUT2D eigenvalue weighted by molar-refractivity contribution is 5.80. The second kappa shape index (κ2) is 5.02. The molecule has 0 aromatic carbocycles. The summed E-state index contributed by atoms with van der Waals surface area (Å²) in [5.41, 5.74) is -0.609. The Morgan fingerprint density at radius 3 is 2.32 bits per heavy atom. The van der Waals surface area contributed by atoms with Crippen LogP contribution in [0.15, 0.2) is 0 Å². The maximum absolute atomic E-state index is 11.6. The Bertz CT molecular complexity index is 364. The SMILES string of the molecule is CC(C)(C)OC(=O)N[C@@H](C[C@H]1C[C@@H]2C[C@@H]2C1)C(=O)O. The highest BCUT2D eigenvalue weighted by atomic mass is 16.6. The zero-order chi connectivity index (χ0) is 14.2. The number of alkyl carbamates (subject to hydrolysis) is 1. The van der Waals surface area contributed by atoms with Crippen LogP contribution in [-0.2, 0) is 9.53 Å². The van der Waals surface area contributed by atoms with Gasteiger partial charge in [0.25, 0.3) is 0 Å². The summed E-state index contributed by atoms with van der Waals surface area (Å²) in [5, 5.41) is 11.7. The molecule has 2 aliphatic rings. The molecule has 19 heavy (non-hydrogen) atoms. The average molecular weight is 269 g/mol. The lowest BCUT2D eigenvalue weighted by Gasteiger charge is -2.23. The number of carboxylic acid groups (broad SMARTS) is 1. The van der Waals surface area contributed by atoms with Gasteiger partial charge in [-0.1, -0.05) is 0 Å². The molecule has 2 N–H and O–H groups in total. The van der Waals surface area contributed by atoms with E-state index in [1.807, 2.05) is 0 Å². The van der Waals surface area contributed by atoms with Crippen LogP contribution in [0.4, 0.5) is 4.79 Å². The second-order valence-corrected chi connectivity index (χ2v) is 6.87. The zero-order valence-corrected chi connectivity index (χ0v) is 11.8. The Hall–Kier alpha value is -1.26. The van der Waals surface area contributed by atoms with E-state index in [1.54, 1.807) is 20.8 Å². The molecule has 0 unspecified atom stereocenters. The molecule has 5 nitrogen and oxygen atoms in total. The van der Waals surface area contributed by atoms with E-state index in [9.17, 15) is 14.7 Å². The summed E-state index contributed by atoms with van der Waals surface area (Å²) in [6, 6.07) is -0.836. The molecule has 5 heteroatoms. The number of carbonyl (C=O) groups is 2. The van der Waals surface area contributed by atoms with Gasteiger partial charge in [-0.3, -0.25) is 0 Å². The number of nitrogens with one attached hydrogen (secondary N) is 1. The smallest absolute Gasteiger partial charge is 0.408 e. The van der Waals surface area contributed by atoms with Crippen LogP contribution in [0.25, 0.3) is 0 Å². The van der Waals surface area contributed by atoms with Gasteiger partial charge in [0.05, 0.1) is 0 Å². The van der Waals surface area contributed by atoms with Gasteiger partial charge in [0, 0.05) is 0 Å². The molecule has 4 atom stereocenters. The van der Waals surface area contributed by atoms with E-state index in [-0.39, 0.29) is 0 Å². The Morgan fingerprint density at radius 1 is 1.26 bits per heavy atom. The third-order valence-corrected chi connectivity index (χ3v) is 3.90. The lowest BCUT2D eigenvalue weighted by atomic mass is 9.95. The van der Waals surface area contributed by atoms with Crippen molar-refractivity contribution in [1.82, 2.24) is 5.32 Å². The molecule has 0 heterocycles. The normalized spacial score (nSPS) is 30.4. The predicted molar refractivity (Wildman–Crippen MR) is 69.7 cm³/mol. The summed E-state index contributed by atoms with van der Waals surface area (Å²) < 4.78 is 5.10. The van der Waals surface area contributed by atoms with Gasteiger partial charge in [-0.05, 0) is 64.2 Å². The molecule has 0 spiro atoms. The number of hydrogen-bond donors (Lipinski definition) is 2. The highest BCUT2D eigenvalue weighted by Gasteiger charge is 2.46. The van der Waals surface area contributed by atoms with Crippen molar-refractivity contribution >= 4 is 12.1 Å². The molecule has 0 bridgehead atoms. The monoisotopic (exact) mass is 269 g/mol. The number of ether oxygens (including phenoxy) is 1. The van der Waals surface area contributed by atoms with Crippen molar-refractivity contribution in [2.45, 2.75) is 58.1 Å². The Balaban J connectivity index is 1.82. The maximum atomic E-state index is 11.6. The molecule has 2 saturated carbocycles. The van der Waals surface area contributed by atoms with E-state index in [2.05, 4.69) is 5.32 Å². The largest absolute Gasteiger partial charge is 0.480 e. The fourth-order valence-corrected chi connectivity index (χ4v) is 3.04. The minimum Gasteiger partial charge on any atom is -0.480 e. The second-order valence-electron chi connectivity index (χ2n) is 6.87. The van der Waals surface area contributed by atoms with Gasteiger partial charge >= 0.3 is 12.1 Å². The van der Waals surface area contributed by atoms with Crippen molar-refractivity contribution in [2.24, 2.45) is 17.8 Å². The van der Waals surface area contributed by atoms with Gasteiger partial charge in [0.2, 0.25) is 0 Å². The van der Waals surface area contributed by atoms with Crippen molar-refractivity contribution in [1.29, 1.82) is 0 Å². The van der Waals surface area contributed by atoms with Crippen LogP contribution in [0.3, 0.4) is 0 Å². The highest BCUT2D eigenvalue weighted by Crippen LogP contribution is 2.55. The average Bonchev–Trinajstić information content (AvgIpc) is 2.82. The molecule has 0 aliphatic heterocycles. The van der Waals surface area contributed by atoms with E-state index in [4.69, 9.17) is 4.74 Å². The van der Waals surface area contributed by atoms with Crippen LogP contribution in [0.5, 0.6) is 0 Å². The summed E-state index contributed by atoms with van der Waals surface area (Å²) in [6.07, 6.45) is 3.41. The molecule has 0 saturated heterocycles. The first-order valence-electron chi connectivity index (χ1n) is 6.97. The van der Waals surface area contributed by atoms with Crippen LogP contribution in [0.2, 0.25) is 0 Å². The molecule has 0 aromatic heterocycles. The number of carboxylic acids is 1. The third-order valence-electron chi connectivity index (χ3n) is 3.90. The lowest BCUT2D eigenvalue weighted by Crippen LogP contribution is -2.44. The fraction of sp³-hybridized carbons (Fsp3) is 0.857. The summed E-state index contributed by atoms with van der Waals surface area (Å²) in [6.45, 7) is 5.27. The van der Waals surface area contributed by atoms with E-state index >= 15 is 0 Å². The fourth-order valence-electron chi connectivity index (χ4n) is 3.04. The predicted octanol–water partition coefficient (Wildman–Crippen LogP) is 2.40. The Kier molecular flexibility index (Phi) is 3.74. The van der Waals surface area contributed by atoms with Crippen LogP contribution in [-0.4, -0.2) is 28.8 Å². The van der Waals surface area contributed by atoms with Gasteiger partial charge in [0.1, 0.15) is 11.6 Å². The van der Waals surface area contributed by atoms with E-state index < -0.39 is 23.7 Å². The minimum atomic E-state index is -0.980. The topological polar surface area (TPSA) is 75.6 Å². The standard InChI is InChI=1S/C14H23NO4/c1-14(2,3)19-13(18)15-11(12(16)17)6-8-4-9-7-10(9)5-8/h8-11H,4-7H2,1-3H3,(H,15,18)(H,16,17)/t8-,9+,10-,11-/m0/s1. The van der Waals surface area contributed by atoms with Crippen LogP contribution >= 0.6 is 0 Å². The summed E-state index contributed by atoms with van der Waals surface area (Å²) >= 11 is 0. The van der Waals surface area contributed by atoms with Crippen molar-refractivity contribution in [2.75, 3.05) is 0 Å². The van der Waals surface area contributed by atoms with Gasteiger partial charge in [-0.25, -0.2) is 9.59 Å². The van der Waals surface area contributed by atoms with Crippen LogP contribution < -0.4 is 5.32 Å². The number of carbonyl (C=O) groups excluding carboxylic acids is 1. The Morgan fingerprint density at radius 2 is 1.84 bits per heavy atom.